The van der Waals surface area contributed by atoms with Crippen molar-refractivity contribution in [3.05, 3.63) is 24.3 Å². The van der Waals surface area contributed by atoms with E-state index in [-0.39, 0.29) is 49.2 Å². The van der Waals surface area contributed by atoms with Crippen LogP contribution in [0, 0.1) is 0 Å². The standard InChI is InChI=1S/C16H21N5O5.C2HF3O2/c17-18-12(22)11-19(7-1-9-20-13(23)3-4-14(20)24)8-2-10-21-15(25)5-6-16(21)26;3-2(4,5)1(6)7/h3-6H,1-2,7-11,17H2,(H,18,22);(H,6,7). The smallest absolute Gasteiger partial charge is 0.475 e. The summed E-state index contributed by atoms with van der Waals surface area (Å²) in [7, 11) is 0. The summed E-state index contributed by atoms with van der Waals surface area (Å²) in [6.45, 7) is 1.43. The van der Waals surface area contributed by atoms with E-state index in [0.717, 1.165) is 9.80 Å². The molecule has 15 heteroatoms. The van der Waals surface area contributed by atoms with E-state index in [9.17, 15) is 37.1 Å². The molecule has 0 saturated heterocycles. The molecule has 12 nitrogen and oxygen atoms in total. The molecule has 4 N–H and O–H groups in total. The summed E-state index contributed by atoms with van der Waals surface area (Å²) in [5, 5.41) is 7.12. The van der Waals surface area contributed by atoms with Crippen LogP contribution >= 0.6 is 0 Å². The van der Waals surface area contributed by atoms with E-state index in [0.29, 0.717) is 25.9 Å². The maximum absolute atomic E-state index is 11.5. The first-order valence-corrected chi connectivity index (χ1v) is 9.45. The number of carboxylic acids is 1. The summed E-state index contributed by atoms with van der Waals surface area (Å²) in [6.07, 6.45) is 0.778. The molecular formula is C18H22F3N5O7. The average molecular weight is 477 g/mol. The molecule has 182 valence electrons. The Morgan fingerprint density at radius 3 is 1.48 bits per heavy atom. The van der Waals surface area contributed by atoms with Gasteiger partial charge in [-0.2, -0.15) is 13.2 Å². The number of nitrogens with one attached hydrogen (secondary N) is 1. The lowest BCUT2D eigenvalue weighted by Crippen LogP contribution is -2.42. The van der Waals surface area contributed by atoms with Gasteiger partial charge in [0.05, 0.1) is 6.54 Å². The number of hydrazine groups is 1. The van der Waals surface area contributed by atoms with E-state index >= 15 is 0 Å². The fourth-order valence-electron chi connectivity index (χ4n) is 2.73. The fourth-order valence-corrected chi connectivity index (χ4v) is 2.73. The number of amides is 5. The number of halogens is 3. The van der Waals surface area contributed by atoms with Gasteiger partial charge in [-0.05, 0) is 12.8 Å². The molecule has 0 aromatic rings. The van der Waals surface area contributed by atoms with Crippen molar-refractivity contribution in [2.75, 3.05) is 32.7 Å². The largest absolute Gasteiger partial charge is 0.490 e. The lowest BCUT2D eigenvalue weighted by Gasteiger charge is -2.23. The van der Waals surface area contributed by atoms with Crippen molar-refractivity contribution in [2.24, 2.45) is 5.84 Å². The van der Waals surface area contributed by atoms with E-state index in [2.05, 4.69) is 0 Å². The van der Waals surface area contributed by atoms with Gasteiger partial charge < -0.3 is 5.11 Å². The molecule has 0 saturated carbocycles. The zero-order valence-corrected chi connectivity index (χ0v) is 17.2. The number of rotatable bonds is 10. The van der Waals surface area contributed by atoms with E-state index in [1.165, 1.54) is 24.3 Å². The number of nitrogens with zero attached hydrogens (tertiary/aromatic N) is 3. The molecule has 0 unspecified atom stereocenters. The lowest BCUT2D eigenvalue weighted by atomic mass is 10.3. The third kappa shape index (κ3) is 9.20. The Balaban J connectivity index is 0.000000675. The van der Waals surface area contributed by atoms with Crippen molar-refractivity contribution < 1.29 is 47.0 Å². The molecule has 2 aliphatic rings. The molecule has 0 aromatic heterocycles. The molecule has 33 heavy (non-hydrogen) atoms. The Labute approximate surface area is 185 Å². The number of hydrogen-bond acceptors (Lipinski definition) is 8. The normalized spacial score (nSPS) is 15.4. The highest BCUT2D eigenvalue weighted by Gasteiger charge is 2.38. The molecule has 0 spiro atoms. The van der Waals surface area contributed by atoms with E-state index in [1.54, 1.807) is 4.90 Å². The third-order valence-corrected chi connectivity index (χ3v) is 4.28. The highest BCUT2D eigenvalue weighted by molar-refractivity contribution is 6.13. The van der Waals surface area contributed by atoms with E-state index in [1.807, 2.05) is 5.43 Å². The minimum Gasteiger partial charge on any atom is -0.475 e. The van der Waals surface area contributed by atoms with Gasteiger partial charge in [-0.15, -0.1) is 0 Å². The molecular weight excluding hydrogens is 455 g/mol. The summed E-state index contributed by atoms with van der Waals surface area (Å²) in [5.41, 5.74) is 2.05. The molecule has 5 amide bonds. The Hall–Kier alpha value is -3.59. The van der Waals surface area contributed by atoms with Crippen LogP contribution in [-0.4, -0.2) is 94.2 Å². The van der Waals surface area contributed by atoms with Gasteiger partial charge in [-0.25, -0.2) is 10.6 Å². The zero-order chi connectivity index (χ0) is 25.2. The molecule has 0 radical (unpaired) electrons. The first kappa shape index (κ1) is 27.4. The summed E-state index contributed by atoms with van der Waals surface area (Å²) >= 11 is 0. The number of nitrogens with two attached hydrogens (primary N) is 1. The molecule has 0 atom stereocenters. The molecule has 0 aromatic carbocycles. The second-order valence-electron chi connectivity index (χ2n) is 6.68. The molecule has 0 aliphatic carbocycles. The Morgan fingerprint density at radius 2 is 1.21 bits per heavy atom. The number of carbonyl (C=O) groups is 6. The molecule has 2 aliphatic heterocycles. The minimum absolute atomic E-state index is 0.0385. The first-order chi connectivity index (χ1) is 15.4. The van der Waals surface area contributed by atoms with Gasteiger partial charge in [0, 0.05) is 50.5 Å². The maximum Gasteiger partial charge on any atom is 0.490 e. The lowest BCUT2D eigenvalue weighted by molar-refractivity contribution is -0.192. The number of alkyl halides is 3. The Morgan fingerprint density at radius 1 is 0.879 bits per heavy atom. The van der Waals surface area contributed by atoms with Gasteiger partial charge in [-0.1, -0.05) is 0 Å². The maximum atomic E-state index is 11.5. The van der Waals surface area contributed by atoms with Gasteiger partial charge >= 0.3 is 12.1 Å². The molecule has 0 bridgehead atoms. The summed E-state index contributed by atoms with van der Waals surface area (Å²) in [4.78, 5) is 70.5. The van der Waals surface area contributed by atoms with Crippen LogP contribution in [0.3, 0.4) is 0 Å². The van der Waals surface area contributed by atoms with E-state index < -0.39 is 12.1 Å². The summed E-state index contributed by atoms with van der Waals surface area (Å²) in [5.74, 6) is 0.586. The van der Waals surface area contributed by atoms with Crippen LogP contribution in [0.25, 0.3) is 0 Å². The molecule has 0 fully saturated rings. The quantitative estimate of drug-likeness (QED) is 0.147. The SMILES string of the molecule is NNC(=O)CN(CCCN1C(=O)C=CC1=O)CCCN1C(=O)C=CC1=O.O=C(O)C(F)(F)F. The highest BCUT2D eigenvalue weighted by Crippen LogP contribution is 2.13. The Kier molecular flexibility index (Phi) is 10.4. The predicted octanol–water partition coefficient (Wildman–Crippen LogP) is -1.46. The van der Waals surface area contributed by atoms with E-state index in [4.69, 9.17) is 15.7 Å². The van der Waals surface area contributed by atoms with Crippen LogP contribution in [-0.2, 0) is 28.8 Å². The van der Waals surface area contributed by atoms with Crippen molar-refractivity contribution in [1.82, 2.24) is 20.1 Å². The first-order valence-electron chi connectivity index (χ1n) is 9.45. The average Bonchev–Trinajstić information content (AvgIpc) is 3.23. The predicted molar refractivity (Wildman–Crippen MR) is 103 cm³/mol. The minimum atomic E-state index is -5.08. The number of hydrogen-bond donors (Lipinski definition) is 3. The van der Waals surface area contributed by atoms with Crippen molar-refractivity contribution >= 4 is 35.5 Å². The highest BCUT2D eigenvalue weighted by atomic mass is 19.4. The third-order valence-electron chi connectivity index (χ3n) is 4.28. The molecule has 2 rings (SSSR count). The second kappa shape index (κ2) is 12.4. The number of carbonyl (C=O) groups excluding carboxylic acids is 5. The van der Waals surface area contributed by atoms with Crippen LogP contribution in [0.2, 0.25) is 0 Å². The van der Waals surface area contributed by atoms with Gasteiger partial charge in [-0.3, -0.25) is 44.1 Å². The zero-order valence-electron chi connectivity index (χ0n) is 17.2. The van der Waals surface area contributed by atoms with Crippen molar-refractivity contribution in [3.63, 3.8) is 0 Å². The fraction of sp³-hybridized carbons (Fsp3) is 0.444. The van der Waals surface area contributed by atoms with Gasteiger partial charge in [0.15, 0.2) is 0 Å². The molecule has 2 heterocycles. The van der Waals surface area contributed by atoms with Crippen molar-refractivity contribution in [3.8, 4) is 0 Å². The number of carboxylic acid groups (broad SMARTS) is 1. The monoisotopic (exact) mass is 477 g/mol. The van der Waals surface area contributed by atoms with Gasteiger partial charge in [0.2, 0.25) is 5.91 Å². The van der Waals surface area contributed by atoms with Crippen LogP contribution < -0.4 is 11.3 Å². The number of aliphatic carboxylic acids is 1. The topological polar surface area (TPSA) is 170 Å². The summed E-state index contributed by atoms with van der Waals surface area (Å²) < 4.78 is 31.7. The van der Waals surface area contributed by atoms with Crippen molar-refractivity contribution in [1.29, 1.82) is 0 Å². The van der Waals surface area contributed by atoms with Crippen LogP contribution in [0.15, 0.2) is 24.3 Å². The van der Waals surface area contributed by atoms with Crippen LogP contribution in [0.4, 0.5) is 13.2 Å². The second-order valence-corrected chi connectivity index (χ2v) is 6.68. The van der Waals surface area contributed by atoms with Gasteiger partial charge in [0.1, 0.15) is 0 Å². The van der Waals surface area contributed by atoms with Crippen LogP contribution in [0.5, 0.6) is 0 Å². The Bertz CT molecular complexity index is 773. The van der Waals surface area contributed by atoms with Crippen molar-refractivity contribution in [2.45, 2.75) is 19.0 Å². The number of imide groups is 2. The van der Waals surface area contributed by atoms with Crippen LogP contribution in [0.1, 0.15) is 12.8 Å². The van der Waals surface area contributed by atoms with Gasteiger partial charge in [0.25, 0.3) is 23.6 Å². The summed E-state index contributed by atoms with van der Waals surface area (Å²) in [6, 6.07) is 0.